The summed E-state index contributed by atoms with van der Waals surface area (Å²) in [6, 6.07) is 3.55. The summed E-state index contributed by atoms with van der Waals surface area (Å²) in [7, 11) is 0. The fourth-order valence-electron chi connectivity index (χ4n) is 3.86. The molecule has 1 aliphatic heterocycles. The molecule has 0 aromatic carbocycles. The minimum atomic E-state index is -0.145. The first-order chi connectivity index (χ1) is 14.1. The maximum atomic E-state index is 12.7. The summed E-state index contributed by atoms with van der Waals surface area (Å²) in [6.07, 6.45) is 6.84. The van der Waals surface area contributed by atoms with Gasteiger partial charge in [-0.3, -0.25) is 18.7 Å². The highest BCUT2D eigenvalue weighted by Crippen LogP contribution is 2.19. The number of rotatable bonds is 5. The Hall–Kier alpha value is -3.23. The number of piperidine rings is 1. The third-order valence-corrected chi connectivity index (χ3v) is 5.48. The second-order valence-corrected chi connectivity index (χ2v) is 7.31. The molecule has 0 spiro atoms. The second-order valence-electron chi connectivity index (χ2n) is 7.31. The van der Waals surface area contributed by atoms with E-state index in [1.807, 2.05) is 18.7 Å². The van der Waals surface area contributed by atoms with E-state index in [2.05, 4.69) is 20.4 Å². The second kappa shape index (κ2) is 8.02. The van der Waals surface area contributed by atoms with E-state index in [9.17, 15) is 9.59 Å². The smallest absolute Gasteiger partial charge is 0.272 e. The molecule has 0 aliphatic carbocycles. The van der Waals surface area contributed by atoms with Crippen molar-refractivity contribution in [3.05, 3.63) is 47.8 Å². The summed E-state index contributed by atoms with van der Waals surface area (Å²) in [5, 5.41) is 7.21. The standard InChI is InChI=1S/C20H25N7O2/c1-3-27-16(5-9-23-27)19(29)25-11-6-15(7-12-25)13-22-18(28)17-14(2)24-20-21-8-4-10-26(17)20/h4-5,8-10,15H,3,6-7,11-13H2,1-2H3,(H,22,28). The van der Waals surface area contributed by atoms with Gasteiger partial charge in [-0.05, 0) is 44.7 Å². The Morgan fingerprint density at radius 3 is 2.79 bits per heavy atom. The van der Waals surface area contributed by atoms with Crippen molar-refractivity contribution < 1.29 is 9.59 Å². The molecule has 9 heteroatoms. The number of imidazole rings is 1. The van der Waals surface area contributed by atoms with Crippen LogP contribution >= 0.6 is 0 Å². The van der Waals surface area contributed by atoms with Gasteiger partial charge in [0.1, 0.15) is 11.4 Å². The Morgan fingerprint density at radius 2 is 2.03 bits per heavy atom. The zero-order valence-corrected chi connectivity index (χ0v) is 16.7. The normalized spacial score (nSPS) is 15.0. The molecular weight excluding hydrogens is 370 g/mol. The third-order valence-electron chi connectivity index (χ3n) is 5.48. The van der Waals surface area contributed by atoms with Crippen molar-refractivity contribution in [2.24, 2.45) is 5.92 Å². The molecule has 0 atom stereocenters. The summed E-state index contributed by atoms with van der Waals surface area (Å²) >= 11 is 0. The Kier molecular flexibility index (Phi) is 5.28. The van der Waals surface area contributed by atoms with Gasteiger partial charge in [-0.15, -0.1) is 0 Å². The number of hydrogen-bond donors (Lipinski definition) is 1. The highest BCUT2D eigenvalue weighted by Gasteiger charge is 2.26. The number of aryl methyl sites for hydroxylation is 2. The van der Waals surface area contributed by atoms with Gasteiger partial charge in [0.2, 0.25) is 5.78 Å². The molecule has 1 aliphatic rings. The van der Waals surface area contributed by atoms with Crippen LogP contribution in [-0.2, 0) is 6.54 Å². The number of nitrogens with zero attached hydrogens (tertiary/aromatic N) is 6. The van der Waals surface area contributed by atoms with Crippen LogP contribution in [0, 0.1) is 12.8 Å². The van der Waals surface area contributed by atoms with Gasteiger partial charge in [0.15, 0.2) is 0 Å². The fraction of sp³-hybridized carbons (Fsp3) is 0.450. The molecule has 152 valence electrons. The van der Waals surface area contributed by atoms with Gasteiger partial charge in [-0.1, -0.05) is 0 Å². The van der Waals surface area contributed by atoms with E-state index in [0.29, 0.717) is 55.0 Å². The van der Waals surface area contributed by atoms with Crippen molar-refractivity contribution in [3.8, 4) is 0 Å². The van der Waals surface area contributed by atoms with Gasteiger partial charge < -0.3 is 10.2 Å². The van der Waals surface area contributed by atoms with Gasteiger partial charge in [0.05, 0.1) is 5.69 Å². The molecule has 0 radical (unpaired) electrons. The van der Waals surface area contributed by atoms with Crippen LogP contribution in [0.25, 0.3) is 5.78 Å². The fourth-order valence-corrected chi connectivity index (χ4v) is 3.86. The molecular formula is C20H25N7O2. The zero-order valence-electron chi connectivity index (χ0n) is 16.7. The molecule has 0 unspecified atom stereocenters. The average molecular weight is 395 g/mol. The number of aromatic nitrogens is 5. The van der Waals surface area contributed by atoms with E-state index in [4.69, 9.17) is 0 Å². The molecule has 9 nitrogen and oxygen atoms in total. The Labute approximate surface area is 168 Å². The minimum absolute atomic E-state index is 0.0284. The molecule has 4 rings (SSSR count). The maximum Gasteiger partial charge on any atom is 0.272 e. The van der Waals surface area contributed by atoms with Crippen molar-refractivity contribution in [2.45, 2.75) is 33.2 Å². The number of likely N-dealkylation sites (tertiary alicyclic amines) is 1. The largest absolute Gasteiger partial charge is 0.350 e. The molecule has 3 aromatic rings. The van der Waals surface area contributed by atoms with Gasteiger partial charge in [0.25, 0.3) is 11.8 Å². The van der Waals surface area contributed by atoms with Crippen molar-refractivity contribution in [3.63, 3.8) is 0 Å². The lowest BCUT2D eigenvalue weighted by Gasteiger charge is -2.32. The maximum absolute atomic E-state index is 12.7. The van der Waals surface area contributed by atoms with Crippen LogP contribution in [0.4, 0.5) is 0 Å². The zero-order chi connectivity index (χ0) is 20.4. The number of carbonyl (C=O) groups is 2. The molecule has 2 amide bonds. The summed E-state index contributed by atoms with van der Waals surface area (Å²) in [4.78, 5) is 35.8. The van der Waals surface area contributed by atoms with Crippen molar-refractivity contribution >= 4 is 17.6 Å². The first-order valence-electron chi connectivity index (χ1n) is 9.97. The lowest BCUT2D eigenvalue weighted by atomic mass is 9.96. The van der Waals surface area contributed by atoms with Crippen LogP contribution < -0.4 is 5.32 Å². The number of hydrogen-bond acceptors (Lipinski definition) is 5. The van der Waals surface area contributed by atoms with Crippen LogP contribution in [0.3, 0.4) is 0 Å². The molecule has 1 N–H and O–H groups in total. The van der Waals surface area contributed by atoms with E-state index in [1.165, 1.54) is 0 Å². The van der Waals surface area contributed by atoms with Crippen LogP contribution in [0.1, 0.15) is 46.4 Å². The predicted octanol–water partition coefficient (Wildman–Crippen LogP) is 1.54. The van der Waals surface area contributed by atoms with Crippen molar-refractivity contribution in [1.29, 1.82) is 0 Å². The molecule has 1 saturated heterocycles. The molecule has 3 aromatic heterocycles. The van der Waals surface area contributed by atoms with E-state index in [0.717, 1.165) is 12.8 Å². The van der Waals surface area contributed by atoms with Gasteiger partial charge in [-0.2, -0.15) is 5.10 Å². The summed E-state index contributed by atoms with van der Waals surface area (Å²) in [5.74, 6) is 0.749. The Balaban J connectivity index is 1.32. The van der Waals surface area contributed by atoms with Crippen LogP contribution in [0.2, 0.25) is 0 Å². The molecule has 29 heavy (non-hydrogen) atoms. The SMILES string of the molecule is CCn1nccc1C(=O)N1CCC(CNC(=O)c2c(C)nc3ncccn23)CC1. The number of fused-ring (bicyclic) bond motifs is 1. The number of nitrogens with one attached hydrogen (secondary N) is 1. The van der Waals surface area contributed by atoms with Gasteiger partial charge in [-0.25, -0.2) is 9.97 Å². The monoisotopic (exact) mass is 395 g/mol. The quantitative estimate of drug-likeness (QED) is 0.707. The highest BCUT2D eigenvalue weighted by molar-refractivity contribution is 5.94. The van der Waals surface area contributed by atoms with Crippen LogP contribution in [0.5, 0.6) is 0 Å². The summed E-state index contributed by atoms with van der Waals surface area (Å²) < 4.78 is 3.44. The average Bonchev–Trinajstić information content (AvgIpc) is 3.35. The van der Waals surface area contributed by atoms with E-state index < -0.39 is 0 Å². The van der Waals surface area contributed by atoms with Crippen LogP contribution in [-0.4, -0.2) is 60.5 Å². The van der Waals surface area contributed by atoms with Gasteiger partial charge >= 0.3 is 0 Å². The van der Waals surface area contributed by atoms with E-state index in [1.54, 1.807) is 39.8 Å². The van der Waals surface area contributed by atoms with Crippen molar-refractivity contribution in [2.75, 3.05) is 19.6 Å². The van der Waals surface area contributed by atoms with Crippen LogP contribution in [0.15, 0.2) is 30.7 Å². The molecule has 1 fully saturated rings. The highest BCUT2D eigenvalue weighted by atomic mass is 16.2. The van der Waals surface area contributed by atoms with Crippen molar-refractivity contribution in [1.82, 2.24) is 34.4 Å². The minimum Gasteiger partial charge on any atom is -0.350 e. The molecule has 0 bridgehead atoms. The molecule has 0 saturated carbocycles. The first kappa shape index (κ1) is 19.1. The Bertz CT molecular complexity index is 1030. The number of amides is 2. The topological polar surface area (TPSA) is 97.4 Å². The lowest BCUT2D eigenvalue weighted by molar-refractivity contribution is 0.0672. The lowest BCUT2D eigenvalue weighted by Crippen LogP contribution is -2.42. The number of carbonyl (C=O) groups excluding carboxylic acids is 2. The summed E-state index contributed by atoms with van der Waals surface area (Å²) in [5.41, 5.74) is 1.82. The predicted molar refractivity (Wildman–Crippen MR) is 107 cm³/mol. The van der Waals surface area contributed by atoms with Gasteiger partial charge in [0, 0.05) is 44.8 Å². The third kappa shape index (κ3) is 3.72. The first-order valence-corrected chi connectivity index (χ1v) is 9.97. The summed E-state index contributed by atoms with van der Waals surface area (Å²) in [6.45, 7) is 6.42. The Morgan fingerprint density at radius 1 is 1.24 bits per heavy atom. The van der Waals surface area contributed by atoms with E-state index >= 15 is 0 Å². The van der Waals surface area contributed by atoms with E-state index in [-0.39, 0.29) is 11.8 Å². The molecule has 4 heterocycles.